The first kappa shape index (κ1) is 35.6. The van der Waals surface area contributed by atoms with Crippen molar-refractivity contribution in [2.24, 2.45) is 0 Å². The molecule has 0 radical (unpaired) electrons. The minimum absolute atomic E-state index is 0.0174. The van der Waals surface area contributed by atoms with E-state index in [0.29, 0.717) is 0 Å². The Labute approximate surface area is 368 Å². The largest absolute Gasteiger partial charge is 0.333 e. The quantitative estimate of drug-likeness (QED) is 0.176. The summed E-state index contributed by atoms with van der Waals surface area (Å²) < 4.78 is 0. The van der Waals surface area contributed by atoms with Gasteiger partial charge in [-0.05, 0) is 81.9 Å². The summed E-state index contributed by atoms with van der Waals surface area (Å²) in [6.45, 7) is 0. The van der Waals surface area contributed by atoms with E-state index in [0.717, 1.165) is 39.8 Å². The van der Waals surface area contributed by atoms with Crippen LogP contribution in [0.15, 0.2) is 237 Å². The maximum atomic E-state index is 2.61. The molecule has 0 spiro atoms. The Hall–Kier alpha value is -8.14. The number of hydrogen-bond acceptors (Lipinski definition) is 3. The predicted molar refractivity (Wildman–Crippen MR) is 263 cm³/mol. The molecule has 4 aliphatic rings. The van der Waals surface area contributed by atoms with Gasteiger partial charge in [0.15, 0.2) is 0 Å². The van der Waals surface area contributed by atoms with Gasteiger partial charge in [0, 0.05) is 45.1 Å². The molecule has 0 N–H and O–H groups in total. The molecule has 296 valence electrons. The third-order valence-electron chi connectivity index (χ3n) is 13.5. The first-order valence-electron chi connectivity index (χ1n) is 21.9. The second kappa shape index (κ2) is 14.2. The van der Waals surface area contributed by atoms with E-state index in [1.54, 1.807) is 0 Å². The Bertz CT molecular complexity index is 3070. The normalized spacial score (nSPS) is 16.0. The van der Waals surface area contributed by atoms with Gasteiger partial charge in [-0.25, -0.2) is 0 Å². The average molecular weight is 804 g/mol. The highest BCUT2D eigenvalue weighted by molar-refractivity contribution is 6.06. The number of allylic oxidation sites excluding steroid dienone is 2. The monoisotopic (exact) mass is 803 g/mol. The summed E-state index contributed by atoms with van der Waals surface area (Å²) in [5, 5.41) is 0. The lowest BCUT2D eigenvalue weighted by Crippen LogP contribution is -2.34. The van der Waals surface area contributed by atoms with Crippen molar-refractivity contribution in [2.75, 3.05) is 14.7 Å². The Balaban J connectivity index is 1.14. The van der Waals surface area contributed by atoms with Crippen molar-refractivity contribution in [3.63, 3.8) is 0 Å². The van der Waals surface area contributed by atoms with Crippen molar-refractivity contribution in [3.8, 4) is 55.6 Å². The molecule has 3 nitrogen and oxygen atoms in total. The first-order valence-corrected chi connectivity index (χ1v) is 21.9. The van der Waals surface area contributed by atoms with Crippen molar-refractivity contribution in [1.82, 2.24) is 0 Å². The Morgan fingerprint density at radius 1 is 0.270 bits per heavy atom. The molecule has 0 saturated carbocycles. The maximum absolute atomic E-state index is 2.61. The summed E-state index contributed by atoms with van der Waals surface area (Å²) in [7, 11) is 0. The lowest BCUT2D eigenvalue weighted by molar-refractivity contribution is 0.697. The lowest BCUT2D eigenvalue weighted by atomic mass is 9.85. The zero-order chi connectivity index (χ0) is 41.4. The topological polar surface area (TPSA) is 9.72 Å². The van der Waals surface area contributed by atoms with Gasteiger partial charge in [-0.3, -0.25) is 0 Å². The molecule has 2 unspecified atom stereocenters. The number of benzene rings is 9. The first-order chi connectivity index (χ1) is 31.3. The van der Waals surface area contributed by atoms with Crippen LogP contribution in [0.3, 0.4) is 0 Å². The summed E-state index contributed by atoms with van der Waals surface area (Å²) >= 11 is 0. The van der Waals surface area contributed by atoms with Gasteiger partial charge in [0.05, 0.1) is 40.2 Å². The standard InChI is InChI=1S/C60H41N3/c1-2-20-44-43(19-1)49-25-7-13-31-55(49)61(56-32-14-8-26-50(44)56)40-37-41(62-57-33-15-9-27-51(57)45-21-3-4-22-46(45)52-28-10-16-34-58(52)62)39-42(38-40)63-59-35-17-11-29-53(59)47-23-5-6-24-48(47)54-30-12-18-36-60(54)63/h1-39,49,55H. The minimum atomic E-state index is 0.0174. The average Bonchev–Trinajstić information content (AvgIpc) is 3.63. The van der Waals surface area contributed by atoms with Crippen LogP contribution in [0.25, 0.3) is 55.6 Å². The van der Waals surface area contributed by atoms with Gasteiger partial charge in [-0.1, -0.05) is 188 Å². The summed E-state index contributed by atoms with van der Waals surface area (Å²) in [5.74, 6) is 0.133. The molecule has 1 aliphatic carbocycles. The fraction of sp³-hybridized carbons (Fsp3) is 0.0333. The van der Waals surface area contributed by atoms with Crippen LogP contribution in [0.1, 0.15) is 11.5 Å². The number of fused-ring (bicyclic) bond motifs is 15. The van der Waals surface area contributed by atoms with Crippen LogP contribution >= 0.6 is 0 Å². The van der Waals surface area contributed by atoms with Gasteiger partial charge in [-0.15, -0.1) is 0 Å². The Morgan fingerprint density at radius 2 is 0.587 bits per heavy atom. The fourth-order valence-corrected chi connectivity index (χ4v) is 10.8. The minimum Gasteiger partial charge on any atom is -0.333 e. The Morgan fingerprint density at radius 3 is 1.03 bits per heavy atom. The zero-order valence-electron chi connectivity index (χ0n) is 34.5. The van der Waals surface area contributed by atoms with Crippen molar-refractivity contribution in [2.45, 2.75) is 12.0 Å². The molecule has 2 atom stereocenters. The molecule has 0 bridgehead atoms. The molecule has 3 aliphatic heterocycles. The molecular formula is C60H41N3. The van der Waals surface area contributed by atoms with Crippen molar-refractivity contribution in [1.29, 1.82) is 0 Å². The van der Waals surface area contributed by atoms with Crippen molar-refractivity contribution >= 4 is 45.5 Å². The summed E-state index contributed by atoms with van der Waals surface area (Å²) in [6.07, 6.45) is 9.24. The van der Waals surface area contributed by atoms with Crippen molar-refractivity contribution < 1.29 is 0 Å². The van der Waals surface area contributed by atoms with Gasteiger partial charge in [0.25, 0.3) is 0 Å². The van der Waals surface area contributed by atoms with Crippen LogP contribution in [0.2, 0.25) is 0 Å². The molecule has 0 fully saturated rings. The molecule has 0 aromatic heterocycles. The third kappa shape index (κ3) is 5.46. The number of para-hydroxylation sites is 5. The van der Waals surface area contributed by atoms with Crippen LogP contribution in [-0.4, -0.2) is 6.04 Å². The summed E-state index contributed by atoms with van der Waals surface area (Å²) in [4.78, 5) is 7.63. The number of anilines is 8. The van der Waals surface area contributed by atoms with E-state index in [2.05, 4.69) is 251 Å². The highest BCUT2D eigenvalue weighted by Crippen LogP contribution is 2.56. The zero-order valence-corrected chi connectivity index (χ0v) is 34.5. The molecule has 9 aromatic rings. The molecule has 63 heavy (non-hydrogen) atoms. The SMILES string of the molecule is C1=CC2c3ccccc3-c3ccccc3N(c3cc(N4c5ccccc5-c5ccccc5-c5ccccc54)cc(N4c5ccccc5-c5ccccc5-c5ccccc54)c3)C2C=C1. The van der Waals surface area contributed by atoms with E-state index in [9.17, 15) is 0 Å². The van der Waals surface area contributed by atoms with Crippen LogP contribution < -0.4 is 14.7 Å². The van der Waals surface area contributed by atoms with Gasteiger partial charge in [0.2, 0.25) is 0 Å². The molecule has 0 amide bonds. The van der Waals surface area contributed by atoms with E-state index >= 15 is 0 Å². The van der Waals surface area contributed by atoms with Crippen LogP contribution in [0.5, 0.6) is 0 Å². The molecular weight excluding hydrogens is 763 g/mol. The smallest absolute Gasteiger partial charge is 0.0629 e. The highest BCUT2D eigenvalue weighted by atomic mass is 15.2. The molecule has 9 aromatic carbocycles. The van der Waals surface area contributed by atoms with E-state index in [1.165, 1.54) is 66.9 Å². The van der Waals surface area contributed by atoms with Crippen LogP contribution in [0, 0.1) is 0 Å². The number of rotatable bonds is 3. The van der Waals surface area contributed by atoms with Crippen LogP contribution in [-0.2, 0) is 0 Å². The van der Waals surface area contributed by atoms with E-state index in [4.69, 9.17) is 0 Å². The highest BCUT2D eigenvalue weighted by Gasteiger charge is 2.36. The number of nitrogens with zero attached hydrogens (tertiary/aromatic N) is 3. The maximum Gasteiger partial charge on any atom is 0.0629 e. The molecule has 0 saturated heterocycles. The fourth-order valence-electron chi connectivity index (χ4n) is 10.8. The summed E-state index contributed by atoms with van der Waals surface area (Å²) in [6, 6.07) is 78.7. The lowest BCUT2D eigenvalue weighted by Gasteiger charge is -2.38. The molecule has 3 heterocycles. The van der Waals surface area contributed by atoms with E-state index in [-0.39, 0.29) is 12.0 Å². The molecule has 3 heteroatoms. The summed E-state index contributed by atoms with van der Waals surface area (Å²) in [5.41, 5.74) is 22.6. The Kier molecular flexibility index (Phi) is 8.04. The van der Waals surface area contributed by atoms with Crippen LogP contribution in [0.4, 0.5) is 45.5 Å². The molecule has 13 rings (SSSR count). The van der Waals surface area contributed by atoms with E-state index in [1.807, 2.05) is 0 Å². The third-order valence-corrected chi connectivity index (χ3v) is 13.5. The van der Waals surface area contributed by atoms with Gasteiger partial charge >= 0.3 is 0 Å². The predicted octanol–water partition coefficient (Wildman–Crippen LogP) is 16.3. The second-order valence-corrected chi connectivity index (χ2v) is 16.8. The number of hydrogen-bond donors (Lipinski definition) is 0. The second-order valence-electron chi connectivity index (χ2n) is 16.8. The van der Waals surface area contributed by atoms with E-state index < -0.39 is 0 Å². The van der Waals surface area contributed by atoms with Gasteiger partial charge in [0.1, 0.15) is 0 Å². The van der Waals surface area contributed by atoms with Gasteiger partial charge < -0.3 is 14.7 Å². The van der Waals surface area contributed by atoms with Crippen molar-refractivity contribution in [3.05, 3.63) is 242 Å². The van der Waals surface area contributed by atoms with Gasteiger partial charge in [-0.2, -0.15) is 0 Å².